The highest BCUT2D eigenvalue weighted by Crippen LogP contribution is 2.30. The molecular weight excluding hydrogens is 484 g/mol. The van der Waals surface area contributed by atoms with Crippen molar-refractivity contribution in [3.05, 3.63) is 94.7 Å². The average Bonchev–Trinajstić information content (AvgIpc) is 3.21. The van der Waals surface area contributed by atoms with E-state index in [4.69, 9.17) is 4.42 Å². The number of anilines is 1. The Hall–Kier alpha value is -3.42. The third-order valence-electron chi connectivity index (χ3n) is 7.45. The number of amides is 1. The molecule has 5 rings (SSSR count). The van der Waals surface area contributed by atoms with Crippen LogP contribution in [0.5, 0.6) is 0 Å². The number of fused-ring (bicyclic) bond motifs is 1. The van der Waals surface area contributed by atoms with Gasteiger partial charge in [-0.05, 0) is 99.0 Å². The molecule has 4 aromatic rings. The van der Waals surface area contributed by atoms with Crippen molar-refractivity contribution in [2.24, 2.45) is 5.92 Å². The molecular formula is C30H32N2O4S. The molecule has 1 amide bonds. The second kappa shape index (κ2) is 10.1. The van der Waals surface area contributed by atoms with Crippen LogP contribution in [0.2, 0.25) is 0 Å². The maximum absolute atomic E-state index is 13.2. The van der Waals surface area contributed by atoms with Crippen LogP contribution in [-0.4, -0.2) is 31.7 Å². The minimum atomic E-state index is -3.59. The normalized spacial score (nSPS) is 15.2. The fourth-order valence-corrected chi connectivity index (χ4v) is 6.51. The molecule has 0 unspecified atom stereocenters. The van der Waals surface area contributed by atoms with E-state index in [9.17, 15) is 13.2 Å². The molecule has 6 nitrogen and oxygen atoms in total. The zero-order chi connectivity index (χ0) is 26.2. The van der Waals surface area contributed by atoms with Crippen molar-refractivity contribution in [3.63, 3.8) is 0 Å². The van der Waals surface area contributed by atoms with E-state index in [1.807, 2.05) is 51.1 Å². The number of furan rings is 1. The quantitative estimate of drug-likeness (QED) is 0.328. The number of sulfonamides is 1. The van der Waals surface area contributed by atoms with Gasteiger partial charge in [-0.2, -0.15) is 4.31 Å². The van der Waals surface area contributed by atoms with Crippen LogP contribution in [-0.2, 0) is 16.4 Å². The Balaban J connectivity index is 1.24. The first kappa shape index (κ1) is 25.2. The number of rotatable bonds is 6. The van der Waals surface area contributed by atoms with Gasteiger partial charge in [0.05, 0.1) is 4.90 Å². The lowest BCUT2D eigenvalue weighted by atomic mass is 9.91. The van der Waals surface area contributed by atoms with Crippen molar-refractivity contribution in [1.29, 1.82) is 0 Å². The van der Waals surface area contributed by atoms with Gasteiger partial charge < -0.3 is 9.73 Å². The van der Waals surface area contributed by atoms with Crippen molar-refractivity contribution in [3.8, 4) is 0 Å². The number of carbonyl (C=O) groups is 1. The lowest BCUT2D eigenvalue weighted by Crippen LogP contribution is -2.38. The average molecular weight is 517 g/mol. The molecule has 1 aliphatic heterocycles. The maximum Gasteiger partial charge on any atom is 0.291 e. The van der Waals surface area contributed by atoms with Gasteiger partial charge in [-0.3, -0.25) is 4.79 Å². The number of benzene rings is 3. The first-order valence-corrected chi connectivity index (χ1v) is 14.1. The Kier molecular flexibility index (Phi) is 6.92. The predicted octanol–water partition coefficient (Wildman–Crippen LogP) is 6.25. The summed E-state index contributed by atoms with van der Waals surface area (Å²) < 4.78 is 33.9. The van der Waals surface area contributed by atoms with Gasteiger partial charge in [0.15, 0.2) is 5.76 Å². The molecule has 0 radical (unpaired) electrons. The summed E-state index contributed by atoms with van der Waals surface area (Å²) in [5.41, 5.74) is 5.51. The summed E-state index contributed by atoms with van der Waals surface area (Å²) >= 11 is 0. The Morgan fingerprint density at radius 3 is 2.27 bits per heavy atom. The van der Waals surface area contributed by atoms with E-state index in [-0.39, 0.29) is 16.6 Å². The third kappa shape index (κ3) is 5.20. The number of piperidine rings is 1. The van der Waals surface area contributed by atoms with Crippen LogP contribution in [0, 0.1) is 26.7 Å². The van der Waals surface area contributed by atoms with Crippen LogP contribution < -0.4 is 5.32 Å². The second-order valence-electron chi connectivity index (χ2n) is 10.0. The van der Waals surface area contributed by atoms with Crippen LogP contribution in [0.25, 0.3) is 11.0 Å². The van der Waals surface area contributed by atoms with Gasteiger partial charge in [-0.1, -0.05) is 30.3 Å². The van der Waals surface area contributed by atoms with Crippen molar-refractivity contribution in [1.82, 2.24) is 4.31 Å². The van der Waals surface area contributed by atoms with Gasteiger partial charge >= 0.3 is 0 Å². The first-order valence-electron chi connectivity index (χ1n) is 12.7. The number of carbonyl (C=O) groups excluding carboxylic acids is 1. The molecule has 1 saturated heterocycles. The summed E-state index contributed by atoms with van der Waals surface area (Å²) in [5, 5.41) is 3.75. The second-order valence-corrected chi connectivity index (χ2v) is 11.9. The minimum absolute atomic E-state index is 0.234. The highest BCUT2D eigenvalue weighted by molar-refractivity contribution is 7.89. The highest BCUT2D eigenvalue weighted by Gasteiger charge is 2.29. The first-order chi connectivity index (χ1) is 17.7. The molecule has 37 heavy (non-hydrogen) atoms. The molecule has 1 N–H and O–H groups in total. The van der Waals surface area contributed by atoms with Gasteiger partial charge in [0, 0.05) is 29.7 Å². The number of nitrogens with zero attached hydrogens (tertiary/aromatic N) is 1. The Morgan fingerprint density at radius 2 is 1.59 bits per heavy atom. The predicted molar refractivity (Wildman–Crippen MR) is 146 cm³/mol. The van der Waals surface area contributed by atoms with Crippen LogP contribution >= 0.6 is 0 Å². The van der Waals surface area contributed by atoms with E-state index >= 15 is 0 Å². The van der Waals surface area contributed by atoms with Crippen LogP contribution in [0.1, 0.15) is 45.7 Å². The van der Waals surface area contributed by atoms with Crippen LogP contribution in [0.15, 0.2) is 76.0 Å². The molecule has 1 fully saturated rings. The van der Waals surface area contributed by atoms with Crippen LogP contribution in [0.3, 0.4) is 0 Å². The van der Waals surface area contributed by atoms with Gasteiger partial charge in [-0.15, -0.1) is 0 Å². The Morgan fingerprint density at radius 1 is 0.946 bits per heavy atom. The molecule has 7 heteroatoms. The molecule has 1 aromatic heterocycles. The van der Waals surface area contributed by atoms with Gasteiger partial charge in [0.25, 0.3) is 5.91 Å². The molecule has 2 heterocycles. The summed E-state index contributed by atoms with van der Waals surface area (Å²) in [4.78, 5) is 13.2. The molecule has 0 aliphatic carbocycles. The zero-order valence-electron chi connectivity index (χ0n) is 21.5. The summed E-state index contributed by atoms with van der Waals surface area (Å²) in [6, 6.07) is 20.7. The Bertz CT molecular complexity index is 1530. The van der Waals surface area contributed by atoms with E-state index in [0.29, 0.717) is 30.3 Å². The molecule has 0 saturated carbocycles. The highest BCUT2D eigenvalue weighted by atomic mass is 32.2. The summed E-state index contributed by atoms with van der Waals surface area (Å²) in [6.45, 7) is 6.94. The third-order valence-corrected chi connectivity index (χ3v) is 9.36. The van der Waals surface area contributed by atoms with E-state index in [0.717, 1.165) is 41.3 Å². The van der Waals surface area contributed by atoms with Crippen molar-refractivity contribution in [2.75, 3.05) is 18.4 Å². The number of hydrogen-bond acceptors (Lipinski definition) is 4. The topological polar surface area (TPSA) is 79.6 Å². The fraction of sp³-hybridized carbons (Fsp3) is 0.300. The monoisotopic (exact) mass is 516 g/mol. The smallest absolute Gasteiger partial charge is 0.291 e. The SMILES string of the molecule is Cc1cc2oc(C(=O)Nc3ccc(S(=O)(=O)N4CCC(Cc5ccccc5)CC4)cc3)c(C)c2cc1C. The zero-order valence-corrected chi connectivity index (χ0v) is 22.3. The van der Waals surface area contributed by atoms with Gasteiger partial charge in [0.1, 0.15) is 5.58 Å². The summed E-state index contributed by atoms with van der Waals surface area (Å²) in [7, 11) is -3.59. The molecule has 0 bridgehead atoms. The number of aryl methyl sites for hydroxylation is 3. The Labute approximate surface area is 218 Å². The molecule has 0 atom stereocenters. The fourth-order valence-electron chi connectivity index (χ4n) is 5.04. The molecule has 0 spiro atoms. The van der Waals surface area contributed by atoms with Crippen molar-refractivity contribution < 1.29 is 17.6 Å². The minimum Gasteiger partial charge on any atom is -0.451 e. The van der Waals surface area contributed by atoms with Gasteiger partial charge in [-0.25, -0.2) is 8.42 Å². The lowest BCUT2D eigenvalue weighted by Gasteiger charge is -2.31. The van der Waals surface area contributed by atoms with E-state index in [1.54, 1.807) is 28.6 Å². The van der Waals surface area contributed by atoms with Crippen molar-refractivity contribution in [2.45, 2.75) is 44.9 Å². The standard InChI is InChI=1S/C30H32N2O4S/c1-20-17-27-22(3)29(36-28(27)18-21(20)2)30(33)31-25-9-11-26(12-10-25)37(34,35)32-15-13-24(14-16-32)19-23-7-5-4-6-8-23/h4-12,17-18,24H,13-16,19H2,1-3H3,(H,31,33). The molecule has 3 aromatic carbocycles. The van der Waals surface area contributed by atoms with Gasteiger partial charge in [0.2, 0.25) is 10.0 Å². The van der Waals surface area contributed by atoms with E-state index < -0.39 is 10.0 Å². The molecule has 1 aliphatic rings. The van der Waals surface area contributed by atoms with Crippen molar-refractivity contribution >= 4 is 32.6 Å². The largest absolute Gasteiger partial charge is 0.451 e. The van der Waals surface area contributed by atoms with Crippen LogP contribution in [0.4, 0.5) is 5.69 Å². The van der Waals surface area contributed by atoms with E-state index in [2.05, 4.69) is 17.4 Å². The lowest BCUT2D eigenvalue weighted by molar-refractivity contribution is 0.0998. The summed E-state index contributed by atoms with van der Waals surface area (Å²) in [5.74, 6) is 0.385. The summed E-state index contributed by atoms with van der Waals surface area (Å²) in [6.07, 6.45) is 2.67. The molecule has 192 valence electrons. The number of hydrogen-bond donors (Lipinski definition) is 1. The van der Waals surface area contributed by atoms with E-state index in [1.165, 1.54) is 5.56 Å². The number of nitrogens with one attached hydrogen (secondary N) is 1. The maximum atomic E-state index is 13.2.